The van der Waals surface area contributed by atoms with Gasteiger partial charge in [0.1, 0.15) is 0 Å². The summed E-state index contributed by atoms with van der Waals surface area (Å²) in [4.78, 5) is 8.16. The van der Waals surface area contributed by atoms with Crippen LogP contribution in [0.25, 0.3) is 16.7 Å². The van der Waals surface area contributed by atoms with Gasteiger partial charge in [-0.15, -0.1) is 0 Å². The molecule has 1 aliphatic heterocycles. The molecule has 5 nitrogen and oxygen atoms in total. The van der Waals surface area contributed by atoms with Crippen LogP contribution in [-0.4, -0.2) is 9.97 Å². The largest absolute Gasteiger partial charge is 0.437 e. The zero-order valence-electron chi connectivity index (χ0n) is 17.2. The quantitative estimate of drug-likeness (QED) is 0.417. The molecule has 6 rings (SSSR count). The fourth-order valence-corrected chi connectivity index (χ4v) is 5.08. The smallest absolute Gasteiger partial charge is 0.225 e. The fourth-order valence-electron chi connectivity index (χ4n) is 4.95. The number of H-pyrrole nitrogens is 1. The molecule has 0 fully saturated rings. The normalized spacial score (nSPS) is 17.1. The van der Waals surface area contributed by atoms with Gasteiger partial charge in [0.15, 0.2) is 5.76 Å². The number of nitrogen functional groups attached to an aromatic ring is 1. The van der Waals surface area contributed by atoms with Gasteiger partial charge < -0.3 is 15.5 Å². The standard InChI is InChI=1S/C26H19ClN4O/c27-15-10-8-14(9-11-15)22-18(12-28)25(19-13-30-20-6-2-1-4-16(19)20)32-26-23(22)24(29)17-5-3-7-21(17)31-26/h1-2,4,6,8-11,13,22,30H,3,5,7H2,(H2,29,31). The second-order valence-electron chi connectivity index (χ2n) is 8.21. The molecular formula is C26H19ClN4O. The Morgan fingerprint density at radius 1 is 1.12 bits per heavy atom. The molecule has 0 saturated heterocycles. The van der Waals surface area contributed by atoms with Crippen molar-refractivity contribution in [2.45, 2.75) is 25.2 Å². The molecule has 0 radical (unpaired) electrons. The number of pyridine rings is 1. The Balaban J connectivity index is 1.65. The lowest BCUT2D eigenvalue weighted by molar-refractivity contribution is 0.466. The van der Waals surface area contributed by atoms with E-state index < -0.39 is 0 Å². The van der Waals surface area contributed by atoms with Gasteiger partial charge in [-0.05, 0) is 48.6 Å². The molecule has 0 saturated carbocycles. The van der Waals surface area contributed by atoms with Crippen LogP contribution in [0.5, 0.6) is 5.88 Å². The number of benzene rings is 2. The lowest BCUT2D eigenvalue weighted by Gasteiger charge is -2.29. The number of nitriles is 1. The first-order valence-corrected chi connectivity index (χ1v) is 11.0. The van der Waals surface area contributed by atoms with Crippen LogP contribution in [0.15, 0.2) is 60.3 Å². The van der Waals surface area contributed by atoms with Crippen molar-refractivity contribution in [1.82, 2.24) is 9.97 Å². The molecular weight excluding hydrogens is 420 g/mol. The van der Waals surface area contributed by atoms with Crippen LogP contribution < -0.4 is 10.5 Å². The number of nitrogens with zero attached hydrogens (tertiary/aromatic N) is 2. The predicted molar refractivity (Wildman–Crippen MR) is 125 cm³/mol. The number of para-hydroxylation sites is 1. The van der Waals surface area contributed by atoms with E-state index in [1.807, 2.05) is 54.7 Å². The Labute approximate surface area is 190 Å². The summed E-state index contributed by atoms with van der Waals surface area (Å²) in [5.74, 6) is 0.618. The van der Waals surface area contributed by atoms with E-state index in [2.05, 4.69) is 11.1 Å². The van der Waals surface area contributed by atoms with Crippen LogP contribution in [-0.2, 0) is 12.8 Å². The third kappa shape index (κ3) is 2.73. The van der Waals surface area contributed by atoms with E-state index in [1.165, 1.54) is 0 Å². The van der Waals surface area contributed by atoms with Crippen LogP contribution in [0, 0.1) is 11.3 Å². The Hall–Kier alpha value is -3.75. The van der Waals surface area contributed by atoms with Gasteiger partial charge in [0.05, 0.1) is 23.1 Å². The van der Waals surface area contributed by atoms with Gasteiger partial charge >= 0.3 is 0 Å². The monoisotopic (exact) mass is 438 g/mol. The van der Waals surface area contributed by atoms with E-state index in [-0.39, 0.29) is 5.92 Å². The van der Waals surface area contributed by atoms with Gasteiger partial charge in [-0.1, -0.05) is 41.9 Å². The maximum atomic E-state index is 10.3. The number of fused-ring (bicyclic) bond motifs is 3. The number of aromatic amines is 1. The molecule has 6 heteroatoms. The number of ether oxygens (including phenoxy) is 1. The third-order valence-corrected chi connectivity index (χ3v) is 6.70. The summed E-state index contributed by atoms with van der Waals surface area (Å²) in [5.41, 5.74) is 13.5. The molecule has 0 bridgehead atoms. The van der Waals surface area contributed by atoms with Crippen molar-refractivity contribution < 1.29 is 4.74 Å². The van der Waals surface area contributed by atoms with Crippen LogP contribution >= 0.6 is 11.6 Å². The van der Waals surface area contributed by atoms with Crippen molar-refractivity contribution in [3.05, 3.63) is 93.3 Å². The number of hydrogen-bond donors (Lipinski definition) is 2. The van der Waals surface area contributed by atoms with Crippen molar-refractivity contribution in [2.75, 3.05) is 5.73 Å². The summed E-state index contributed by atoms with van der Waals surface area (Å²) in [5, 5.41) is 12.0. The van der Waals surface area contributed by atoms with E-state index in [0.717, 1.165) is 58.1 Å². The van der Waals surface area contributed by atoms with Gasteiger partial charge in [-0.2, -0.15) is 5.26 Å². The Kier molecular flexibility index (Phi) is 4.24. The van der Waals surface area contributed by atoms with Crippen molar-refractivity contribution >= 4 is 34.0 Å². The van der Waals surface area contributed by atoms with Gasteiger partial charge in [0.2, 0.25) is 5.88 Å². The lowest BCUT2D eigenvalue weighted by atomic mass is 9.81. The maximum Gasteiger partial charge on any atom is 0.225 e. The average Bonchev–Trinajstić information content (AvgIpc) is 3.46. The third-order valence-electron chi connectivity index (χ3n) is 6.45. The SMILES string of the molecule is N#CC1=C(c2c[nH]c3ccccc23)Oc2nc3c(c(N)c2C1c1ccc(Cl)cc1)CCC3. The van der Waals surface area contributed by atoms with E-state index in [9.17, 15) is 5.26 Å². The number of hydrogen-bond acceptors (Lipinski definition) is 4. The Morgan fingerprint density at radius 2 is 1.94 bits per heavy atom. The molecule has 1 unspecified atom stereocenters. The number of rotatable bonds is 2. The lowest BCUT2D eigenvalue weighted by Crippen LogP contribution is -2.20. The molecule has 2 aliphatic rings. The molecule has 0 amide bonds. The minimum absolute atomic E-state index is 0.386. The van der Waals surface area contributed by atoms with Crippen molar-refractivity contribution in [3.8, 4) is 11.9 Å². The van der Waals surface area contributed by atoms with Crippen LogP contribution in [0.3, 0.4) is 0 Å². The maximum absolute atomic E-state index is 10.3. The highest BCUT2D eigenvalue weighted by atomic mass is 35.5. The molecule has 2 aromatic carbocycles. The summed E-state index contributed by atoms with van der Waals surface area (Å²) in [6.45, 7) is 0. The molecule has 3 N–H and O–H groups in total. The summed E-state index contributed by atoms with van der Waals surface area (Å²) in [7, 11) is 0. The van der Waals surface area contributed by atoms with Crippen molar-refractivity contribution in [1.29, 1.82) is 5.26 Å². The Morgan fingerprint density at radius 3 is 2.75 bits per heavy atom. The van der Waals surface area contributed by atoms with E-state index in [4.69, 9.17) is 27.1 Å². The first-order chi connectivity index (χ1) is 15.7. The Bertz CT molecular complexity index is 1460. The molecule has 32 heavy (non-hydrogen) atoms. The second kappa shape index (κ2) is 7.15. The van der Waals surface area contributed by atoms with E-state index in [1.54, 1.807) is 0 Å². The number of anilines is 1. The zero-order chi connectivity index (χ0) is 21.8. The molecule has 156 valence electrons. The highest BCUT2D eigenvalue weighted by Crippen LogP contribution is 2.50. The number of nitrogens with two attached hydrogens (primary N) is 1. The van der Waals surface area contributed by atoms with E-state index in [0.29, 0.717) is 27.9 Å². The molecule has 2 aromatic heterocycles. The predicted octanol–water partition coefficient (Wildman–Crippen LogP) is 5.75. The average molecular weight is 439 g/mol. The van der Waals surface area contributed by atoms with Gasteiger partial charge in [0.25, 0.3) is 0 Å². The number of nitrogens with one attached hydrogen (secondary N) is 1. The number of aromatic nitrogens is 2. The molecule has 4 aromatic rings. The zero-order valence-corrected chi connectivity index (χ0v) is 17.9. The van der Waals surface area contributed by atoms with Gasteiger partial charge in [0, 0.05) is 39.1 Å². The number of aryl methyl sites for hydroxylation is 1. The molecule has 3 heterocycles. The van der Waals surface area contributed by atoms with Crippen molar-refractivity contribution in [2.24, 2.45) is 0 Å². The van der Waals surface area contributed by atoms with Crippen LogP contribution in [0.1, 0.15) is 40.3 Å². The molecule has 1 atom stereocenters. The summed E-state index contributed by atoms with van der Waals surface area (Å²) >= 11 is 6.16. The summed E-state index contributed by atoms with van der Waals surface area (Å²) < 4.78 is 6.39. The van der Waals surface area contributed by atoms with Crippen LogP contribution in [0.4, 0.5) is 5.69 Å². The first kappa shape index (κ1) is 19.0. The highest BCUT2D eigenvalue weighted by Gasteiger charge is 2.37. The second-order valence-corrected chi connectivity index (χ2v) is 8.65. The van der Waals surface area contributed by atoms with E-state index >= 15 is 0 Å². The van der Waals surface area contributed by atoms with Crippen LogP contribution in [0.2, 0.25) is 5.02 Å². The highest BCUT2D eigenvalue weighted by molar-refractivity contribution is 6.30. The van der Waals surface area contributed by atoms with Gasteiger partial charge in [-0.3, -0.25) is 0 Å². The van der Waals surface area contributed by atoms with Gasteiger partial charge in [-0.25, -0.2) is 4.98 Å². The minimum atomic E-state index is -0.386. The summed E-state index contributed by atoms with van der Waals surface area (Å²) in [6, 6.07) is 18.0. The van der Waals surface area contributed by atoms with Crippen molar-refractivity contribution in [3.63, 3.8) is 0 Å². The first-order valence-electron chi connectivity index (χ1n) is 10.6. The topological polar surface area (TPSA) is 87.7 Å². The molecule has 1 aliphatic carbocycles. The number of allylic oxidation sites excluding steroid dienone is 1. The number of halogens is 1. The summed E-state index contributed by atoms with van der Waals surface area (Å²) in [6.07, 6.45) is 4.70. The fraction of sp³-hybridized carbons (Fsp3) is 0.154. The minimum Gasteiger partial charge on any atom is -0.437 e. The molecule has 0 spiro atoms.